The van der Waals surface area contributed by atoms with Gasteiger partial charge < -0.3 is 16.0 Å². The van der Waals surface area contributed by atoms with E-state index in [0.717, 1.165) is 36.8 Å². The lowest BCUT2D eigenvalue weighted by Crippen LogP contribution is -2.82. The highest BCUT2D eigenvalue weighted by molar-refractivity contribution is 5.77. The predicted molar refractivity (Wildman–Crippen MR) is 97.1 cm³/mol. The number of carbonyl (C=O) groups excluding carboxylic acids is 1. The summed E-state index contributed by atoms with van der Waals surface area (Å²) in [6.07, 6.45) is 3.45. The second-order valence-corrected chi connectivity index (χ2v) is 8.20. The third-order valence-electron chi connectivity index (χ3n) is 6.17. The van der Waals surface area contributed by atoms with E-state index in [1.54, 1.807) is 12.1 Å². The van der Waals surface area contributed by atoms with Gasteiger partial charge in [-0.05, 0) is 54.5 Å². The Balaban J connectivity index is 1.47. The number of halogens is 1. The van der Waals surface area contributed by atoms with Crippen LogP contribution in [0.25, 0.3) is 0 Å². The fraction of sp³-hybridized carbons (Fsp3) is 0.381. The van der Waals surface area contributed by atoms with Gasteiger partial charge in [0, 0.05) is 17.6 Å². The van der Waals surface area contributed by atoms with Crippen molar-refractivity contribution in [3.8, 4) is 0 Å². The van der Waals surface area contributed by atoms with E-state index in [4.69, 9.17) is 5.73 Å². The lowest BCUT2D eigenvalue weighted by atomic mass is 9.44. The first kappa shape index (κ1) is 15.8. The van der Waals surface area contributed by atoms with E-state index in [0.29, 0.717) is 6.54 Å². The van der Waals surface area contributed by atoms with Gasteiger partial charge in [-0.25, -0.2) is 9.18 Å². The molecule has 3 aliphatic carbocycles. The molecule has 2 aromatic rings. The van der Waals surface area contributed by atoms with Crippen LogP contribution in [0.1, 0.15) is 42.0 Å². The summed E-state index contributed by atoms with van der Waals surface area (Å²) >= 11 is 0. The first-order valence-corrected chi connectivity index (χ1v) is 9.18. The van der Waals surface area contributed by atoms with Crippen molar-refractivity contribution in [2.24, 2.45) is 5.73 Å². The molecule has 0 unspecified atom stereocenters. The Kier molecular flexibility index (Phi) is 3.23. The molecule has 4 aliphatic rings. The zero-order chi connectivity index (χ0) is 17.9. The smallest absolute Gasteiger partial charge is 0.318 e. The number of nitrogens with two attached hydrogens (primary N) is 1. The topological polar surface area (TPSA) is 58.4 Å². The summed E-state index contributed by atoms with van der Waals surface area (Å²) < 4.78 is 13.4. The molecule has 3 fully saturated rings. The van der Waals surface area contributed by atoms with Crippen molar-refractivity contribution in [1.82, 2.24) is 10.2 Å². The molecule has 3 N–H and O–H groups in total. The quantitative estimate of drug-likeness (QED) is 0.873. The summed E-state index contributed by atoms with van der Waals surface area (Å²) in [6, 6.07) is 14.4. The van der Waals surface area contributed by atoms with Crippen molar-refractivity contribution < 1.29 is 9.18 Å². The Bertz CT molecular complexity index is 859. The number of nitrogens with zero attached hydrogens (tertiary/aromatic N) is 1. The molecular formula is C21H22FN3O. The molecule has 0 aromatic heterocycles. The van der Waals surface area contributed by atoms with Gasteiger partial charge in [0.05, 0.1) is 6.04 Å². The number of hydrogen-bond donors (Lipinski definition) is 2. The van der Waals surface area contributed by atoms with Crippen LogP contribution >= 0.6 is 0 Å². The number of hydrogen-bond acceptors (Lipinski definition) is 2. The molecular weight excluding hydrogens is 329 g/mol. The van der Waals surface area contributed by atoms with Gasteiger partial charge in [0.1, 0.15) is 5.82 Å². The van der Waals surface area contributed by atoms with Crippen molar-refractivity contribution in [1.29, 1.82) is 0 Å². The minimum absolute atomic E-state index is 0.0435. The Morgan fingerprint density at radius 3 is 2.50 bits per heavy atom. The fourth-order valence-corrected chi connectivity index (χ4v) is 5.09. The van der Waals surface area contributed by atoms with Crippen LogP contribution in [-0.4, -0.2) is 28.6 Å². The van der Waals surface area contributed by atoms with Crippen LogP contribution in [0, 0.1) is 5.82 Å². The summed E-state index contributed by atoms with van der Waals surface area (Å²) in [6.45, 7) is 0.648. The van der Waals surface area contributed by atoms with E-state index in [2.05, 4.69) is 17.4 Å². The molecule has 134 valence electrons. The van der Waals surface area contributed by atoms with Gasteiger partial charge in [-0.3, -0.25) is 0 Å². The molecule has 1 heterocycles. The molecule has 3 saturated carbocycles. The van der Waals surface area contributed by atoms with Gasteiger partial charge in [0.2, 0.25) is 0 Å². The van der Waals surface area contributed by atoms with Gasteiger partial charge in [-0.2, -0.15) is 0 Å². The third-order valence-corrected chi connectivity index (χ3v) is 6.17. The van der Waals surface area contributed by atoms with Crippen LogP contribution < -0.4 is 11.1 Å². The molecule has 2 amide bonds. The highest BCUT2D eigenvalue weighted by atomic mass is 19.1. The Morgan fingerprint density at radius 1 is 1.12 bits per heavy atom. The highest BCUT2D eigenvalue weighted by Gasteiger charge is 2.66. The molecule has 6 rings (SSSR count). The van der Waals surface area contributed by atoms with E-state index >= 15 is 0 Å². The summed E-state index contributed by atoms with van der Waals surface area (Å²) in [5.74, 6) is -0.268. The van der Waals surface area contributed by atoms with E-state index in [1.165, 1.54) is 17.7 Å². The van der Waals surface area contributed by atoms with Crippen LogP contribution in [-0.2, 0) is 6.42 Å². The standard InChI is InChI=1S/C21H22FN3O/c22-16-7-5-15(6-8-16)18-17-4-2-1-3-14(17)9-10-25(18)19(26)24-21-11-20(23,12-21)13-21/h1-8,18H,9-13,23H2,(H,24,26)/t18-,20?,21?/m1/s1. The van der Waals surface area contributed by atoms with Crippen LogP contribution in [0.2, 0.25) is 0 Å². The molecule has 0 spiro atoms. The number of amides is 2. The van der Waals surface area contributed by atoms with Crippen molar-refractivity contribution in [2.45, 2.75) is 42.8 Å². The Labute approximate surface area is 152 Å². The maximum atomic E-state index is 13.4. The van der Waals surface area contributed by atoms with E-state index in [1.807, 2.05) is 17.0 Å². The van der Waals surface area contributed by atoms with Gasteiger partial charge in [-0.15, -0.1) is 0 Å². The number of urea groups is 1. The zero-order valence-corrected chi connectivity index (χ0v) is 14.5. The van der Waals surface area contributed by atoms with Crippen molar-refractivity contribution in [2.75, 3.05) is 6.54 Å². The van der Waals surface area contributed by atoms with Crippen LogP contribution in [0.4, 0.5) is 9.18 Å². The number of carbonyl (C=O) groups is 1. The van der Waals surface area contributed by atoms with Crippen LogP contribution in [0.3, 0.4) is 0 Å². The van der Waals surface area contributed by atoms with Gasteiger partial charge in [0.15, 0.2) is 0 Å². The monoisotopic (exact) mass is 351 g/mol. The van der Waals surface area contributed by atoms with E-state index in [9.17, 15) is 9.18 Å². The van der Waals surface area contributed by atoms with Crippen molar-refractivity contribution in [3.63, 3.8) is 0 Å². The average molecular weight is 351 g/mol. The summed E-state index contributed by atoms with van der Waals surface area (Å²) in [4.78, 5) is 15.0. The number of rotatable bonds is 2. The fourth-order valence-electron chi connectivity index (χ4n) is 5.09. The molecule has 4 nitrogen and oxygen atoms in total. The average Bonchev–Trinajstić information content (AvgIpc) is 2.59. The first-order chi connectivity index (χ1) is 12.5. The lowest BCUT2D eigenvalue weighted by molar-refractivity contribution is -0.0718. The zero-order valence-electron chi connectivity index (χ0n) is 14.5. The number of fused-ring (bicyclic) bond motifs is 1. The minimum Gasteiger partial charge on any atom is -0.332 e. The Morgan fingerprint density at radius 2 is 1.81 bits per heavy atom. The van der Waals surface area contributed by atoms with Crippen molar-refractivity contribution >= 4 is 6.03 Å². The second kappa shape index (κ2) is 5.30. The molecule has 0 radical (unpaired) electrons. The normalized spacial score (nSPS) is 31.5. The number of nitrogens with one attached hydrogen (secondary N) is 1. The summed E-state index contributed by atoms with van der Waals surface area (Å²) in [7, 11) is 0. The van der Waals surface area contributed by atoms with Crippen molar-refractivity contribution in [3.05, 3.63) is 71.0 Å². The molecule has 26 heavy (non-hydrogen) atoms. The Hall–Kier alpha value is -2.40. The van der Waals surface area contributed by atoms with Gasteiger partial charge >= 0.3 is 6.03 Å². The maximum Gasteiger partial charge on any atom is 0.318 e. The predicted octanol–water partition coefficient (Wildman–Crippen LogP) is 3.12. The first-order valence-electron chi connectivity index (χ1n) is 9.18. The molecule has 1 atom stereocenters. The summed E-state index contributed by atoms with van der Waals surface area (Å²) in [5, 5.41) is 3.23. The molecule has 0 saturated heterocycles. The molecule has 1 aliphatic heterocycles. The minimum atomic E-state index is -0.268. The largest absolute Gasteiger partial charge is 0.332 e. The van der Waals surface area contributed by atoms with Gasteiger partial charge in [0.25, 0.3) is 0 Å². The van der Waals surface area contributed by atoms with Gasteiger partial charge in [-0.1, -0.05) is 36.4 Å². The van der Waals surface area contributed by atoms with Crippen LogP contribution in [0.15, 0.2) is 48.5 Å². The SMILES string of the molecule is NC12CC(NC(=O)N3CCc4ccccc4[C@H]3c3ccc(F)cc3)(C1)C2. The highest BCUT2D eigenvalue weighted by Crippen LogP contribution is 2.58. The van der Waals surface area contributed by atoms with E-state index < -0.39 is 0 Å². The second-order valence-electron chi connectivity index (χ2n) is 8.20. The number of benzene rings is 2. The molecule has 2 aromatic carbocycles. The molecule has 5 heteroatoms. The maximum absolute atomic E-state index is 13.4. The molecule has 2 bridgehead atoms. The van der Waals surface area contributed by atoms with Crippen LogP contribution in [0.5, 0.6) is 0 Å². The lowest BCUT2D eigenvalue weighted by Gasteiger charge is -2.69. The van der Waals surface area contributed by atoms with E-state index in [-0.39, 0.29) is 29.0 Å². The third kappa shape index (κ3) is 2.34. The summed E-state index contributed by atoms with van der Waals surface area (Å²) in [5.41, 5.74) is 9.28.